The number of hydrogen-bond donors (Lipinski definition) is 2. The van der Waals surface area contributed by atoms with Gasteiger partial charge in [0.05, 0.1) is 17.1 Å². The van der Waals surface area contributed by atoms with Crippen LogP contribution in [0.4, 0.5) is 4.39 Å². The zero-order chi connectivity index (χ0) is 13.7. The molecule has 98 valence electrons. The van der Waals surface area contributed by atoms with Gasteiger partial charge >= 0.3 is 0 Å². The summed E-state index contributed by atoms with van der Waals surface area (Å²) in [5, 5.41) is 11.3. The van der Waals surface area contributed by atoms with Gasteiger partial charge in [-0.15, -0.1) is 0 Å². The van der Waals surface area contributed by atoms with Crippen molar-refractivity contribution >= 4 is 23.3 Å². The van der Waals surface area contributed by atoms with Crippen LogP contribution >= 0.6 is 11.6 Å². The lowest BCUT2D eigenvalue weighted by molar-refractivity contribution is 0.0781. The molecule has 0 fully saturated rings. The van der Waals surface area contributed by atoms with Gasteiger partial charge in [0.25, 0.3) is 5.91 Å². The summed E-state index contributed by atoms with van der Waals surface area (Å²) in [6, 6.07) is 3.99. The zero-order valence-corrected chi connectivity index (χ0v) is 10.5. The molecule has 0 spiro atoms. The average molecular weight is 274 g/mol. The van der Waals surface area contributed by atoms with Crippen molar-refractivity contribution in [3.63, 3.8) is 0 Å². The molecule has 1 aromatic rings. The lowest BCUT2D eigenvalue weighted by atomic mass is 10.2. The van der Waals surface area contributed by atoms with Crippen molar-refractivity contribution in [1.82, 2.24) is 4.90 Å². The Hall–Kier alpha value is -1.82. The van der Waals surface area contributed by atoms with E-state index in [0.717, 1.165) is 6.07 Å². The van der Waals surface area contributed by atoms with Gasteiger partial charge < -0.3 is 15.8 Å². The minimum atomic E-state index is -0.703. The van der Waals surface area contributed by atoms with E-state index in [2.05, 4.69) is 5.16 Å². The smallest absolute Gasteiger partial charge is 0.258 e. The van der Waals surface area contributed by atoms with Crippen LogP contribution in [0.2, 0.25) is 5.02 Å². The molecule has 0 heterocycles. The summed E-state index contributed by atoms with van der Waals surface area (Å²) >= 11 is 5.80. The van der Waals surface area contributed by atoms with E-state index < -0.39 is 11.7 Å². The van der Waals surface area contributed by atoms with E-state index in [9.17, 15) is 9.18 Å². The lowest BCUT2D eigenvalue weighted by Crippen LogP contribution is -2.38. The van der Waals surface area contributed by atoms with Gasteiger partial charge in [0, 0.05) is 6.54 Å². The zero-order valence-electron chi connectivity index (χ0n) is 9.73. The largest absolute Gasteiger partial charge is 0.409 e. The van der Waals surface area contributed by atoms with Crippen LogP contribution in [0.1, 0.15) is 17.3 Å². The van der Waals surface area contributed by atoms with Gasteiger partial charge in [-0.1, -0.05) is 22.8 Å². The summed E-state index contributed by atoms with van der Waals surface area (Å²) < 4.78 is 13.6. The first-order valence-electron chi connectivity index (χ1n) is 5.21. The number of amidine groups is 1. The second kappa shape index (κ2) is 6.20. The number of rotatable bonds is 4. The molecule has 0 atom stereocenters. The van der Waals surface area contributed by atoms with Gasteiger partial charge in [-0.05, 0) is 19.1 Å². The Kier molecular flexibility index (Phi) is 4.91. The summed E-state index contributed by atoms with van der Waals surface area (Å²) in [6.45, 7) is 1.87. The lowest BCUT2D eigenvalue weighted by Gasteiger charge is -2.20. The third-order valence-electron chi connectivity index (χ3n) is 2.33. The SMILES string of the molecule is CCN(CC(N)=NO)C(=O)c1c(F)cccc1Cl. The van der Waals surface area contributed by atoms with Crippen LogP contribution in [0, 0.1) is 5.82 Å². The maximum absolute atomic E-state index is 13.6. The molecule has 5 nitrogen and oxygen atoms in total. The predicted octanol–water partition coefficient (Wildman–Crippen LogP) is 1.69. The molecular weight excluding hydrogens is 261 g/mol. The molecule has 18 heavy (non-hydrogen) atoms. The topological polar surface area (TPSA) is 78.9 Å². The Morgan fingerprint density at radius 1 is 1.61 bits per heavy atom. The Labute approximate surface area is 109 Å². The first-order chi connectivity index (χ1) is 8.51. The number of nitrogens with two attached hydrogens (primary N) is 1. The first-order valence-corrected chi connectivity index (χ1v) is 5.58. The van der Waals surface area contributed by atoms with Gasteiger partial charge in [0.2, 0.25) is 0 Å². The van der Waals surface area contributed by atoms with E-state index in [0.29, 0.717) is 0 Å². The molecule has 0 aliphatic carbocycles. The van der Waals surface area contributed by atoms with Gasteiger partial charge in [-0.3, -0.25) is 4.79 Å². The normalized spacial score (nSPS) is 11.4. The van der Waals surface area contributed by atoms with Crippen molar-refractivity contribution in [2.45, 2.75) is 6.92 Å². The number of hydrogen-bond acceptors (Lipinski definition) is 3. The van der Waals surface area contributed by atoms with Crippen molar-refractivity contribution in [2.24, 2.45) is 10.9 Å². The molecule has 0 aliphatic heterocycles. The van der Waals surface area contributed by atoms with E-state index >= 15 is 0 Å². The Morgan fingerprint density at radius 3 is 2.78 bits per heavy atom. The molecule has 0 unspecified atom stereocenters. The highest BCUT2D eigenvalue weighted by atomic mass is 35.5. The third kappa shape index (κ3) is 3.10. The average Bonchev–Trinajstić information content (AvgIpc) is 2.35. The van der Waals surface area contributed by atoms with Crippen LogP contribution in [-0.2, 0) is 0 Å². The monoisotopic (exact) mass is 273 g/mol. The van der Waals surface area contributed by atoms with Crippen molar-refractivity contribution < 1.29 is 14.4 Å². The number of likely N-dealkylation sites (N-methyl/N-ethyl adjacent to an activating group) is 1. The van der Waals surface area contributed by atoms with Crippen molar-refractivity contribution in [1.29, 1.82) is 0 Å². The minimum Gasteiger partial charge on any atom is -0.409 e. The summed E-state index contributed by atoms with van der Waals surface area (Å²) in [4.78, 5) is 13.3. The highest BCUT2D eigenvalue weighted by Crippen LogP contribution is 2.20. The van der Waals surface area contributed by atoms with Crippen molar-refractivity contribution in [2.75, 3.05) is 13.1 Å². The fourth-order valence-corrected chi connectivity index (χ4v) is 1.66. The second-order valence-corrected chi connectivity index (χ2v) is 3.91. The van der Waals surface area contributed by atoms with E-state index in [1.807, 2.05) is 0 Å². The fraction of sp³-hybridized carbons (Fsp3) is 0.273. The quantitative estimate of drug-likeness (QED) is 0.379. The van der Waals surface area contributed by atoms with Gasteiger partial charge in [0.15, 0.2) is 5.84 Å². The summed E-state index contributed by atoms with van der Waals surface area (Å²) in [5.74, 6) is -1.45. The molecule has 0 radical (unpaired) electrons. The molecule has 3 N–H and O–H groups in total. The fourth-order valence-electron chi connectivity index (χ4n) is 1.41. The standard InChI is InChI=1S/C11H13ClFN3O2/c1-2-16(6-9(14)15-18)11(17)10-7(12)4-3-5-8(10)13/h3-5,18H,2,6H2,1H3,(H2,14,15). The molecule has 1 aromatic carbocycles. The van der Waals surface area contributed by atoms with Gasteiger partial charge in [0.1, 0.15) is 5.82 Å². The Balaban J connectivity index is 3.04. The number of halogens is 2. The third-order valence-corrected chi connectivity index (χ3v) is 2.64. The van der Waals surface area contributed by atoms with E-state index in [-0.39, 0.29) is 29.5 Å². The number of oxime groups is 1. The summed E-state index contributed by atoms with van der Waals surface area (Å²) in [7, 11) is 0. The second-order valence-electron chi connectivity index (χ2n) is 3.51. The molecule has 0 saturated carbocycles. The van der Waals surface area contributed by atoms with Crippen molar-refractivity contribution in [3.05, 3.63) is 34.6 Å². The molecule has 0 aromatic heterocycles. The van der Waals surface area contributed by atoms with Gasteiger partial charge in [-0.25, -0.2) is 4.39 Å². The highest BCUT2D eigenvalue weighted by molar-refractivity contribution is 6.33. The molecule has 1 amide bonds. The number of nitrogens with zero attached hydrogens (tertiary/aromatic N) is 2. The molecular formula is C11H13ClFN3O2. The summed E-state index contributed by atoms with van der Waals surface area (Å²) in [6.07, 6.45) is 0. The Bertz CT molecular complexity index is 459. The van der Waals surface area contributed by atoms with E-state index in [1.165, 1.54) is 17.0 Å². The first kappa shape index (κ1) is 14.2. The predicted molar refractivity (Wildman–Crippen MR) is 66.4 cm³/mol. The van der Waals surface area contributed by atoms with Crippen LogP contribution in [0.5, 0.6) is 0 Å². The Morgan fingerprint density at radius 2 is 2.28 bits per heavy atom. The number of carbonyl (C=O) groups excluding carboxylic acids is 1. The number of benzene rings is 1. The highest BCUT2D eigenvalue weighted by Gasteiger charge is 2.21. The van der Waals surface area contributed by atoms with Crippen LogP contribution in [-0.4, -0.2) is 34.9 Å². The number of amides is 1. The maximum atomic E-state index is 13.6. The molecule has 0 aliphatic rings. The molecule has 0 bridgehead atoms. The molecule has 1 rings (SSSR count). The van der Waals surface area contributed by atoms with Crippen LogP contribution in [0.15, 0.2) is 23.4 Å². The van der Waals surface area contributed by atoms with Gasteiger partial charge in [-0.2, -0.15) is 0 Å². The van der Waals surface area contributed by atoms with E-state index in [1.54, 1.807) is 6.92 Å². The maximum Gasteiger partial charge on any atom is 0.258 e. The van der Waals surface area contributed by atoms with E-state index in [4.69, 9.17) is 22.5 Å². The number of carbonyl (C=O) groups is 1. The van der Waals surface area contributed by atoms with Crippen LogP contribution in [0.25, 0.3) is 0 Å². The van der Waals surface area contributed by atoms with Crippen LogP contribution in [0.3, 0.4) is 0 Å². The molecule has 0 saturated heterocycles. The summed E-state index contributed by atoms with van der Waals surface area (Å²) in [5.41, 5.74) is 5.10. The molecule has 7 heteroatoms. The van der Waals surface area contributed by atoms with Crippen LogP contribution < -0.4 is 5.73 Å². The minimum absolute atomic E-state index is 0.0259. The van der Waals surface area contributed by atoms with Crippen molar-refractivity contribution in [3.8, 4) is 0 Å².